The fourth-order valence-electron chi connectivity index (χ4n) is 1.63. The van der Waals surface area contributed by atoms with Crippen LogP contribution in [-0.4, -0.2) is 10.9 Å². The highest BCUT2D eigenvalue weighted by molar-refractivity contribution is 5.83. The van der Waals surface area contributed by atoms with Crippen LogP contribution in [0, 0.1) is 0 Å². The van der Waals surface area contributed by atoms with Crippen LogP contribution in [0.3, 0.4) is 0 Å². The summed E-state index contributed by atoms with van der Waals surface area (Å²) in [6, 6.07) is 7.56. The Labute approximate surface area is 70.8 Å². The fourth-order valence-corrected chi connectivity index (χ4v) is 1.63. The van der Waals surface area contributed by atoms with Crippen LogP contribution in [0.2, 0.25) is 0 Å². The molecule has 12 heavy (non-hydrogen) atoms. The first-order valence-corrected chi connectivity index (χ1v) is 4.05. The van der Waals surface area contributed by atoms with Gasteiger partial charge in [0.15, 0.2) is 0 Å². The summed E-state index contributed by atoms with van der Waals surface area (Å²) in [5, 5.41) is 9.51. The number of ketones is 1. The molecule has 1 aliphatic rings. The lowest BCUT2D eigenvalue weighted by Gasteiger charge is -2.19. The number of benzene rings is 1. The molecule has 0 aliphatic heterocycles. The number of carbonyl (C=O) groups is 1. The summed E-state index contributed by atoms with van der Waals surface area (Å²) >= 11 is 0. The average Bonchev–Trinajstić information content (AvgIpc) is 2.04. The molecule has 0 spiro atoms. The zero-order valence-electron chi connectivity index (χ0n) is 6.66. The van der Waals surface area contributed by atoms with E-state index in [1.165, 1.54) is 0 Å². The molecular weight excluding hydrogens is 152 g/mol. The van der Waals surface area contributed by atoms with Gasteiger partial charge >= 0.3 is 0 Å². The van der Waals surface area contributed by atoms with E-state index in [2.05, 4.69) is 0 Å². The number of fused-ring (bicyclic) bond motifs is 1. The van der Waals surface area contributed by atoms with Crippen LogP contribution in [0.5, 0.6) is 0 Å². The third-order valence-electron chi connectivity index (χ3n) is 2.22. The molecule has 0 bridgehead atoms. The van der Waals surface area contributed by atoms with Crippen LogP contribution in [0.4, 0.5) is 0 Å². The molecule has 0 radical (unpaired) electrons. The van der Waals surface area contributed by atoms with Gasteiger partial charge in [-0.2, -0.15) is 0 Å². The highest BCUT2D eigenvalue weighted by atomic mass is 16.3. The lowest BCUT2D eigenvalue weighted by Crippen LogP contribution is -2.17. The average molecular weight is 162 g/mol. The van der Waals surface area contributed by atoms with Crippen molar-refractivity contribution in [2.45, 2.75) is 18.9 Å². The summed E-state index contributed by atoms with van der Waals surface area (Å²) in [7, 11) is 0. The minimum Gasteiger partial charge on any atom is -0.388 e. The topological polar surface area (TPSA) is 37.3 Å². The summed E-state index contributed by atoms with van der Waals surface area (Å²) in [5.74, 6) is 0.126. The van der Waals surface area contributed by atoms with Gasteiger partial charge in [0.25, 0.3) is 0 Å². The van der Waals surface area contributed by atoms with Crippen molar-refractivity contribution in [3.63, 3.8) is 0 Å². The van der Waals surface area contributed by atoms with Crippen molar-refractivity contribution in [2.75, 3.05) is 0 Å². The van der Waals surface area contributed by atoms with E-state index >= 15 is 0 Å². The minimum atomic E-state index is -0.581. The second kappa shape index (κ2) is 2.72. The minimum absolute atomic E-state index is 0.126. The molecule has 2 rings (SSSR count). The Bertz CT molecular complexity index is 317. The molecule has 0 fully saturated rings. The highest BCUT2D eigenvalue weighted by Gasteiger charge is 2.22. The third-order valence-corrected chi connectivity index (χ3v) is 2.22. The van der Waals surface area contributed by atoms with Gasteiger partial charge in [0.2, 0.25) is 0 Å². The summed E-state index contributed by atoms with van der Waals surface area (Å²) in [6.07, 6.45) is 0.173. The van der Waals surface area contributed by atoms with Crippen molar-refractivity contribution < 1.29 is 9.90 Å². The second-order valence-corrected chi connectivity index (χ2v) is 3.13. The smallest absolute Gasteiger partial charge is 0.140 e. The van der Waals surface area contributed by atoms with Crippen molar-refractivity contribution in [2.24, 2.45) is 0 Å². The van der Waals surface area contributed by atoms with Crippen molar-refractivity contribution in [1.29, 1.82) is 0 Å². The molecule has 1 atom stereocenters. The highest BCUT2D eigenvalue weighted by Crippen LogP contribution is 2.26. The predicted molar refractivity (Wildman–Crippen MR) is 44.7 cm³/mol. The van der Waals surface area contributed by atoms with Crippen LogP contribution < -0.4 is 0 Å². The summed E-state index contributed by atoms with van der Waals surface area (Å²) < 4.78 is 0. The van der Waals surface area contributed by atoms with Crippen molar-refractivity contribution in [1.82, 2.24) is 0 Å². The summed E-state index contributed by atoms with van der Waals surface area (Å²) in [5.41, 5.74) is 1.89. The Morgan fingerprint density at radius 3 is 2.92 bits per heavy atom. The molecule has 1 unspecified atom stereocenters. The number of Topliss-reactive ketones (excluding diaryl/α,β-unsaturated/α-hetero) is 1. The van der Waals surface area contributed by atoms with E-state index in [-0.39, 0.29) is 12.2 Å². The first-order valence-electron chi connectivity index (χ1n) is 4.05. The zero-order valence-corrected chi connectivity index (χ0v) is 6.66. The van der Waals surface area contributed by atoms with Gasteiger partial charge in [0.1, 0.15) is 5.78 Å². The summed E-state index contributed by atoms with van der Waals surface area (Å²) in [4.78, 5) is 11.1. The lowest BCUT2D eigenvalue weighted by atomic mass is 9.89. The quantitative estimate of drug-likeness (QED) is 0.623. The van der Waals surface area contributed by atoms with Gasteiger partial charge in [0, 0.05) is 12.8 Å². The Hall–Kier alpha value is -1.15. The molecule has 1 aliphatic carbocycles. The van der Waals surface area contributed by atoms with E-state index in [1.54, 1.807) is 0 Å². The van der Waals surface area contributed by atoms with Gasteiger partial charge in [-0.15, -0.1) is 0 Å². The molecule has 0 heterocycles. The Kier molecular flexibility index (Phi) is 1.70. The molecule has 1 aromatic rings. The molecule has 2 heteroatoms. The molecule has 1 aromatic carbocycles. The Morgan fingerprint density at radius 2 is 2.08 bits per heavy atom. The normalized spacial score (nSPS) is 22.1. The van der Waals surface area contributed by atoms with E-state index in [1.807, 2.05) is 24.3 Å². The van der Waals surface area contributed by atoms with Crippen molar-refractivity contribution in [3.8, 4) is 0 Å². The maximum Gasteiger partial charge on any atom is 0.140 e. The van der Waals surface area contributed by atoms with Crippen molar-refractivity contribution >= 4 is 5.78 Å². The van der Waals surface area contributed by atoms with E-state index in [9.17, 15) is 9.90 Å². The van der Waals surface area contributed by atoms with E-state index in [4.69, 9.17) is 0 Å². The molecule has 62 valence electrons. The molecular formula is C10H10O2. The van der Waals surface area contributed by atoms with Gasteiger partial charge < -0.3 is 5.11 Å². The van der Waals surface area contributed by atoms with E-state index in [0.29, 0.717) is 6.42 Å². The van der Waals surface area contributed by atoms with Crippen LogP contribution in [-0.2, 0) is 11.2 Å². The zero-order chi connectivity index (χ0) is 8.55. The SMILES string of the molecule is O=C1Cc2ccccc2C(O)C1. The molecule has 0 saturated carbocycles. The van der Waals surface area contributed by atoms with Gasteiger partial charge in [-0.05, 0) is 11.1 Å². The van der Waals surface area contributed by atoms with E-state index in [0.717, 1.165) is 11.1 Å². The van der Waals surface area contributed by atoms with Gasteiger partial charge in [-0.25, -0.2) is 0 Å². The monoisotopic (exact) mass is 162 g/mol. The molecule has 2 nitrogen and oxygen atoms in total. The molecule has 0 amide bonds. The summed E-state index contributed by atoms with van der Waals surface area (Å²) in [6.45, 7) is 0. The number of hydrogen-bond acceptors (Lipinski definition) is 2. The van der Waals surface area contributed by atoms with Crippen LogP contribution in [0.15, 0.2) is 24.3 Å². The third kappa shape index (κ3) is 1.14. The number of aliphatic hydroxyl groups excluding tert-OH is 1. The van der Waals surface area contributed by atoms with Gasteiger partial charge in [0.05, 0.1) is 6.10 Å². The standard InChI is InChI=1S/C10H10O2/c11-8-5-7-3-1-2-4-9(7)10(12)6-8/h1-4,10,12H,5-6H2. The van der Waals surface area contributed by atoms with Crippen LogP contribution >= 0.6 is 0 Å². The fraction of sp³-hybridized carbons (Fsp3) is 0.300. The molecule has 0 saturated heterocycles. The predicted octanol–water partition coefficient (Wildman–Crippen LogP) is 1.24. The first-order chi connectivity index (χ1) is 5.77. The molecule has 0 aromatic heterocycles. The van der Waals surface area contributed by atoms with E-state index < -0.39 is 6.10 Å². The first kappa shape index (κ1) is 7.50. The largest absolute Gasteiger partial charge is 0.388 e. The number of carbonyl (C=O) groups excluding carboxylic acids is 1. The number of hydrogen-bond donors (Lipinski definition) is 1. The Morgan fingerprint density at radius 1 is 1.33 bits per heavy atom. The number of rotatable bonds is 0. The van der Waals surface area contributed by atoms with Gasteiger partial charge in [-0.1, -0.05) is 24.3 Å². The maximum absolute atomic E-state index is 11.1. The maximum atomic E-state index is 11.1. The Balaban J connectivity index is 2.47. The van der Waals surface area contributed by atoms with Crippen LogP contribution in [0.25, 0.3) is 0 Å². The van der Waals surface area contributed by atoms with Gasteiger partial charge in [-0.3, -0.25) is 4.79 Å². The second-order valence-electron chi connectivity index (χ2n) is 3.13. The van der Waals surface area contributed by atoms with Crippen LogP contribution in [0.1, 0.15) is 23.7 Å². The number of aliphatic hydroxyl groups is 1. The molecule has 1 N–H and O–H groups in total. The van der Waals surface area contributed by atoms with Crippen molar-refractivity contribution in [3.05, 3.63) is 35.4 Å². The lowest BCUT2D eigenvalue weighted by molar-refractivity contribution is -0.121.